The first-order chi connectivity index (χ1) is 15.0. The number of aromatic amines is 1. The number of hydrogen-bond donors (Lipinski definition) is 2. The number of ether oxygens (including phenoxy) is 1. The van der Waals surface area contributed by atoms with Crippen LogP contribution in [0.3, 0.4) is 0 Å². The molecule has 0 bridgehead atoms. The van der Waals surface area contributed by atoms with Crippen LogP contribution in [0.5, 0.6) is 5.75 Å². The number of amides is 1. The number of carbonyl (C=O) groups excluding carboxylic acids is 2. The Bertz CT molecular complexity index is 1160. The topological polar surface area (TPSA) is 123 Å². The van der Waals surface area contributed by atoms with Crippen LogP contribution in [-0.4, -0.2) is 38.9 Å². The van der Waals surface area contributed by atoms with Crippen LogP contribution in [0.1, 0.15) is 34.6 Å². The summed E-state index contributed by atoms with van der Waals surface area (Å²) in [6, 6.07) is 12.0. The first-order valence-corrected chi connectivity index (χ1v) is 9.55. The van der Waals surface area contributed by atoms with Crippen LogP contribution in [0.2, 0.25) is 0 Å². The fourth-order valence-corrected chi connectivity index (χ4v) is 3.09. The molecule has 2 aromatic heterocycles. The lowest BCUT2D eigenvalue weighted by molar-refractivity contribution is 0.101. The Morgan fingerprint density at radius 3 is 2.58 bits per heavy atom. The molecule has 0 aliphatic heterocycles. The summed E-state index contributed by atoms with van der Waals surface area (Å²) in [6.07, 6.45) is 3.14. The van der Waals surface area contributed by atoms with Crippen LogP contribution in [0.15, 0.2) is 59.4 Å². The van der Waals surface area contributed by atoms with Gasteiger partial charge in [0.2, 0.25) is 5.82 Å². The molecule has 2 N–H and O–H groups in total. The number of H-pyrrole nitrogens is 1. The lowest BCUT2D eigenvalue weighted by Gasteiger charge is -2.13. The number of rotatable bonds is 7. The van der Waals surface area contributed by atoms with Crippen molar-refractivity contribution < 1.29 is 18.7 Å². The third kappa shape index (κ3) is 4.35. The van der Waals surface area contributed by atoms with Crippen molar-refractivity contribution in [1.29, 1.82) is 0 Å². The zero-order valence-electron chi connectivity index (χ0n) is 16.9. The maximum absolute atomic E-state index is 13.2. The highest BCUT2D eigenvalue weighted by Crippen LogP contribution is 2.30. The first kappa shape index (κ1) is 20.0. The third-order valence-corrected chi connectivity index (χ3v) is 4.59. The lowest BCUT2D eigenvalue weighted by Crippen LogP contribution is -2.14. The number of anilines is 1. The van der Waals surface area contributed by atoms with E-state index in [-0.39, 0.29) is 11.7 Å². The Morgan fingerprint density at radius 2 is 1.90 bits per heavy atom. The van der Waals surface area contributed by atoms with E-state index in [2.05, 4.69) is 25.9 Å². The Kier molecular flexibility index (Phi) is 5.57. The molecule has 9 nitrogen and oxygen atoms in total. The average molecular weight is 417 g/mol. The van der Waals surface area contributed by atoms with Gasteiger partial charge in [0.05, 0.1) is 24.8 Å². The molecule has 0 atom stereocenters. The summed E-state index contributed by atoms with van der Waals surface area (Å²) in [4.78, 5) is 24.9. The summed E-state index contributed by atoms with van der Waals surface area (Å²) < 4.78 is 10.8. The van der Waals surface area contributed by atoms with Gasteiger partial charge in [0.15, 0.2) is 5.78 Å². The largest absolute Gasteiger partial charge is 0.492 e. The van der Waals surface area contributed by atoms with Crippen molar-refractivity contribution in [3.8, 4) is 28.3 Å². The van der Waals surface area contributed by atoms with E-state index < -0.39 is 0 Å². The SMILES string of the molecule is CCOc1ccc(C(C)=O)cc1NC(=O)c1cc(-c2ccoc2)cc(-c2nn[nH]n2)c1. The van der Waals surface area contributed by atoms with E-state index in [0.717, 1.165) is 11.1 Å². The second kappa shape index (κ2) is 8.62. The lowest BCUT2D eigenvalue weighted by atomic mass is 10.0. The zero-order chi connectivity index (χ0) is 21.8. The summed E-state index contributed by atoms with van der Waals surface area (Å²) in [5.74, 6) is 0.342. The Morgan fingerprint density at radius 1 is 1.06 bits per heavy atom. The zero-order valence-corrected chi connectivity index (χ0v) is 16.9. The maximum Gasteiger partial charge on any atom is 0.255 e. The monoisotopic (exact) mass is 417 g/mol. The highest BCUT2D eigenvalue weighted by atomic mass is 16.5. The molecule has 0 fully saturated rings. The van der Waals surface area contributed by atoms with Crippen molar-refractivity contribution in [2.75, 3.05) is 11.9 Å². The fourth-order valence-electron chi connectivity index (χ4n) is 3.09. The van der Waals surface area contributed by atoms with Crippen LogP contribution in [0.25, 0.3) is 22.5 Å². The smallest absolute Gasteiger partial charge is 0.255 e. The molecule has 156 valence electrons. The van der Waals surface area contributed by atoms with Crippen molar-refractivity contribution in [2.45, 2.75) is 13.8 Å². The Hall–Kier alpha value is -4.27. The number of nitrogens with one attached hydrogen (secondary N) is 2. The summed E-state index contributed by atoms with van der Waals surface area (Å²) in [6.45, 7) is 3.73. The summed E-state index contributed by atoms with van der Waals surface area (Å²) in [7, 11) is 0. The third-order valence-electron chi connectivity index (χ3n) is 4.59. The van der Waals surface area contributed by atoms with Gasteiger partial charge in [-0.05, 0) is 67.1 Å². The predicted molar refractivity (Wildman–Crippen MR) is 113 cm³/mol. The standard InChI is InChI=1S/C22H19N5O4/c1-3-31-20-5-4-14(13(2)28)11-19(20)23-22(29)18-9-16(15-6-7-30-12-15)8-17(10-18)21-24-26-27-25-21/h4-12H,3H2,1-2H3,(H,23,29)(H,24,25,26,27). The summed E-state index contributed by atoms with van der Waals surface area (Å²) in [5.41, 5.74) is 3.42. The van der Waals surface area contributed by atoms with Gasteiger partial charge in [-0.1, -0.05) is 0 Å². The Labute approximate surface area is 177 Å². The van der Waals surface area contributed by atoms with Gasteiger partial charge < -0.3 is 14.5 Å². The minimum absolute atomic E-state index is 0.111. The number of ketones is 1. The molecule has 0 aliphatic rings. The van der Waals surface area contributed by atoms with Gasteiger partial charge in [-0.15, -0.1) is 10.2 Å². The first-order valence-electron chi connectivity index (χ1n) is 9.55. The number of Topliss-reactive ketones (excluding diaryl/α,β-unsaturated/α-hetero) is 1. The number of furan rings is 1. The molecule has 0 saturated heterocycles. The van der Waals surface area contributed by atoms with Gasteiger partial charge in [-0.25, -0.2) is 0 Å². The number of aromatic nitrogens is 4. The van der Waals surface area contributed by atoms with E-state index in [1.165, 1.54) is 6.92 Å². The van der Waals surface area contributed by atoms with Gasteiger partial charge in [0, 0.05) is 22.3 Å². The highest BCUT2D eigenvalue weighted by molar-refractivity contribution is 6.07. The Balaban J connectivity index is 1.73. The second-order valence-electron chi connectivity index (χ2n) is 6.70. The van der Waals surface area contributed by atoms with Gasteiger partial charge in [-0.2, -0.15) is 5.21 Å². The molecule has 4 aromatic rings. The van der Waals surface area contributed by atoms with Crippen molar-refractivity contribution >= 4 is 17.4 Å². The van der Waals surface area contributed by atoms with E-state index in [9.17, 15) is 9.59 Å². The van der Waals surface area contributed by atoms with Crippen LogP contribution in [-0.2, 0) is 0 Å². The molecular weight excluding hydrogens is 398 g/mol. The molecule has 2 aromatic carbocycles. The van der Waals surface area contributed by atoms with Crippen LogP contribution < -0.4 is 10.1 Å². The van der Waals surface area contributed by atoms with E-state index in [1.807, 2.05) is 13.0 Å². The van der Waals surface area contributed by atoms with Crippen LogP contribution in [0.4, 0.5) is 5.69 Å². The van der Waals surface area contributed by atoms with Crippen molar-refractivity contribution in [3.63, 3.8) is 0 Å². The number of tetrazole rings is 1. The minimum atomic E-state index is -0.378. The fraction of sp³-hybridized carbons (Fsp3) is 0.136. The minimum Gasteiger partial charge on any atom is -0.492 e. The van der Waals surface area contributed by atoms with Crippen molar-refractivity contribution in [2.24, 2.45) is 0 Å². The second-order valence-corrected chi connectivity index (χ2v) is 6.70. The molecule has 2 heterocycles. The van der Waals surface area contributed by atoms with Crippen LogP contribution in [0, 0.1) is 0 Å². The molecular formula is C22H19N5O4. The molecule has 31 heavy (non-hydrogen) atoms. The summed E-state index contributed by atoms with van der Waals surface area (Å²) >= 11 is 0. The van der Waals surface area contributed by atoms with Crippen LogP contribution >= 0.6 is 0 Å². The van der Waals surface area contributed by atoms with E-state index in [4.69, 9.17) is 9.15 Å². The number of carbonyl (C=O) groups is 2. The molecule has 0 radical (unpaired) electrons. The highest BCUT2D eigenvalue weighted by Gasteiger charge is 2.16. The maximum atomic E-state index is 13.2. The molecule has 0 aliphatic carbocycles. The molecule has 0 saturated carbocycles. The molecule has 4 rings (SSSR count). The van der Waals surface area contributed by atoms with Gasteiger partial charge >= 0.3 is 0 Å². The predicted octanol–water partition coefficient (Wildman–Crippen LogP) is 3.98. The molecule has 9 heteroatoms. The van der Waals surface area contributed by atoms with Gasteiger partial charge in [-0.3, -0.25) is 9.59 Å². The van der Waals surface area contributed by atoms with E-state index >= 15 is 0 Å². The van der Waals surface area contributed by atoms with Crippen molar-refractivity contribution in [1.82, 2.24) is 20.6 Å². The van der Waals surface area contributed by atoms with E-state index in [0.29, 0.717) is 40.6 Å². The molecule has 0 spiro atoms. The quantitative estimate of drug-likeness (QED) is 0.436. The van der Waals surface area contributed by atoms with Gasteiger partial charge in [0.25, 0.3) is 5.91 Å². The normalized spacial score (nSPS) is 10.6. The average Bonchev–Trinajstić information content (AvgIpc) is 3.49. The van der Waals surface area contributed by atoms with Gasteiger partial charge in [0.1, 0.15) is 5.75 Å². The number of hydrogen-bond acceptors (Lipinski definition) is 7. The molecule has 0 unspecified atom stereocenters. The number of nitrogens with zero attached hydrogens (tertiary/aromatic N) is 3. The summed E-state index contributed by atoms with van der Waals surface area (Å²) in [5, 5.41) is 16.9. The van der Waals surface area contributed by atoms with E-state index in [1.54, 1.807) is 48.9 Å². The molecule has 1 amide bonds. The number of benzene rings is 2. The van der Waals surface area contributed by atoms with Crippen molar-refractivity contribution in [3.05, 3.63) is 66.1 Å².